The van der Waals surface area contributed by atoms with Crippen LogP contribution in [0.2, 0.25) is 0 Å². The lowest BCUT2D eigenvalue weighted by molar-refractivity contribution is -0.116. The second kappa shape index (κ2) is 5.00. The molecule has 0 unspecified atom stereocenters. The molecule has 0 aromatic heterocycles. The largest absolute Gasteiger partial charge is 0.399 e. The van der Waals surface area contributed by atoms with Gasteiger partial charge in [0.2, 0.25) is 5.91 Å². The first-order chi connectivity index (χ1) is 9.65. The van der Waals surface area contributed by atoms with E-state index in [-0.39, 0.29) is 5.91 Å². The minimum atomic E-state index is 0.114. The van der Waals surface area contributed by atoms with Gasteiger partial charge in [-0.05, 0) is 53.8 Å². The molecule has 3 heteroatoms. The Labute approximate surface area is 119 Å². The summed E-state index contributed by atoms with van der Waals surface area (Å²) in [5.41, 5.74) is 11.2. The number of anilines is 2. The van der Waals surface area contributed by atoms with Crippen molar-refractivity contribution in [1.29, 1.82) is 0 Å². The first-order valence-electron chi connectivity index (χ1n) is 6.92. The van der Waals surface area contributed by atoms with Gasteiger partial charge in [-0.1, -0.05) is 18.2 Å². The molecule has 0 spiro atoms. The van der Waals surface area contributed by atoms with Crippen molar-refractivity contribution >= 4 is 17.3 Å². The summed E-state index contributed by atoms with van der Waals surface area (Å²) in [4.78, 5) is 13.5. The van der Waals surface area contributed by atoms with Crippen molar-refractivity contribution in [2.24, 2.45) is 0 Å². The number of carbonyl (C=O) groups is 1. The number of hydrogen-bond donors (Lipinski definition) is 1. The average Bonchev–Trinajstić information content (AvgIpc) is 2.46. The van der Waals surface area contributed by atoms with Crippen LogP contribution in [0.15, 0.2) is 42.5 Å². The summed E-state index contributed by atoms with van der Waals surface area (Å²) >= 11 is 0. The summed E-state index contributed by atoms with van der Waals surface area (Å²) in [5, 5.41) is 0. The monoisotopic (exact) mass is 266 g/mol. The summed E-state index contributed by atoms with van der Waals surface area (Å²) in [6, 6.07) is 14.2. The van der Waals surface area contributed by atoms with Crippen molar-refractivity contribution in [2.75, 3.05) is 17.2 Å². The lowest BCUT2D eigenvalue weighted by Crippen LogP contribution is -2.33. The highest BCUT2D eigenvalue weighted by molar-refractivity contribution is 5.93. The van der Waals surface area contributed by atoms with Crippen LogP contribution >= 0.6 is 0 Å². The normalized spacial score (nSPS) is 13.9. The quantitative estimate of drug-likeness (QED) is 0.805. The molecule has 0 saturated heterocycles. The SMILES string of the molecule is CC(=O)N1CCCc2cc(-c3cccc(N)c3)ccc21. The molecule has 1 heterocycles. The van der Waals surface area contributed by atoms with Crippen molar-refractivity contribution in [3.63, 3.8) is 0 Å². The second-order valence-electron chi connectivity index (χ2n) is 5.24. The zero-order chi connectivity index (χ0) is 14.1. The molecule has 0 aliphatic carbocycles. The number of benzene rings is 2. The number of nitrogens with two attached hydrogens (primary N) is 1. The van der Waals surface area contributed by atoms with Crippen LogP contribution in [0.3, 0.4) is 0 Å². The van der Waals surface area contributed by atoms with Crippen molar-refractivity contribution in [1.82, 2.24) is 0 Å². The summed E-state index contributed by atoms with van der Waals surface area (Å²) < 4.78 is 0. The van der Waals surface area contributed by atoms with Crippen LogP contribution < -0.4 is 10.6 Å². The maximum absolute atomic E-state index is 11.7. The van der Waals surface area contributed by atoms with Gasteiger partial charge in [0, 0.05) is 24.8 Å². The Bertz CT molecular complexity index is 664. The molecule has 20 heavy (non-hydrogen) atoms. The first kappa shape index (κ1) is 12.7. The van der Waals surface area contributed by atoms with E-state index in [4.69, 9.17) is 5.73 Å². The van der Waals surface area contributed by atoms with Gasteiger partial charge in [0.05, 0.1) is 0 Å². The van der Waals surface area contributed by atoms with Crippen molar-refractivity contribution < 1.29 is 4.79 Å². The highest BCUT2D eigenvalue weighted by Gasteiger charge is 2.20. The molecule has 1 amide bonds. The van der Waals surface area contributed by atoms with Crippen molar-refractivity contribution in [3.05, 3.63) is 48.0 Å². The van der Waals surface area contributed by atoms with Gasteiger partial charge in [-0.2, -0.15) is 0 Å². The molecule has 3 nitrogen and oxygen atoms in total. The molecular weight excluding hydrogens is 248 g/mol. The first-order valence-corrected chi connectivity index (χ1v) is 6.92. The molecule has 2 aromatic carbocycles. The lowest BCUT2D eigenvalue weighted by Gasteiger charge is -2.29. The predicted molar refractivity (Wildman–Crippen MR) is 82.6 cm³/mol. The van der Waals surface area contributed by atoms with E-state index in [1.54, 1.807) is 6.92 Å². The zero-order valence-electron chi connectivity index (χ0n) is 11.6. The predicted octanol–water partition coefficient (Wildman–Crippen LogP) is 3.23. The van der Waals surface area contributed by atoms with Crippen molar-refractivity contribution in [3.8, 4) is 11.1 Å². The minimum absolute atomic E-state index is 0.114. The fourth-order valence-electron chi connectivity index (χ4n) is 2.82. The summed E-state index contributed by atoms with van der Waals surface area (Å²) in [5.74, 6) is 0.114. The summed E-state index contributed by atoms with van der Waals surface area (Å²) in [6.07, 6.45) is 2.04. The van der Waals surface area contributed by atoms with Gasteiger partial charge in [0.15, 0.2) is 0 Å². The number of amides is 1. The molecule has 0 atom stereocenters. The van der Waals surface area contributed by atoms with E-state index < -0.39 is 0 Å². The highest BCUT2D eigenvalue weighted by atomic mass is 16.2. The highest BCUT2D eigenvalue weighted by Crippen LogP contribution is 2.32. The van der Waals surface area contributed by atoms with E-state index in [1.807, 2.05) is 23.1 Å². The smallest absolute Gasteiger partial charge is 0.223 e. The fraction of sp³-hybridized carbons (Fsp3) is 0.235. The Hall–Kier alpha value is -2.29. The summed E-state index contributed by atoms with van der Waals surface area (Å²) in [6.45, 7) is 2.45. The topological polar surface area (TPSA) is 46.3 Å². The van der Waals surface area contributed by atoms with Gasteiger partial charge in [0.25, 0.3) is 0 Å². The van der Waals surface area contributed by atoms with E-state index in [0.29, 0.717) is 0 Å². The molecule has 1 aliphatic heterocycles. The fourth-order valence-corrected chi connectivity index (χ4v) is 2.82. The second-order valence-corrected chi connectivity index (χ2v) is 5.24. The van der Waals surface area contributed by atoms with E-state index in [1.165, 1.54) is 5.56 Å². The van der Waals surface area contributed by atoms with Crippen LogP contribution in [0.1, 0.15) is 18.9 Å². The molecule has 0 bridgehead atoms. The average molecular weight is 266 g/mol. The van der Waals surface area contributed by atoms with Crippen LogP contribution in [0.4, 0.5) is 11.4 Å². The number of rotatable bonds is 1. The molecular formula is C17H18N2O. The number of carbonyl (C=O) groups excluding carboxylic acids is 1. The van der Waals surface area contributed by atoms with Crippen LogP contribution in [0.25, 0.3) is 11.1 Å². The van der Waals surface area contributed by atoms with E-state index in [0.717, 1.165) is 41.9 Å². The standard InChI is InChI=1S/C17H18N2O/c1-12(20)19-9-3-5-15-10-14(7-8-17(15)19)13-4-2-6-16(18)11-13/h2,4,6-8,10-11H,3,5,9,18H2,1H3. The number of nitrogen functional groups attached to an aromatic ring is 1. The van der Waals surface area contributed by atoms with Crippen LogP contribution in [-0.2, 0) is 11.2 Å². The number of hydrogen-bond acceptors (Lipinski definition) is 2. The maximum Gasteiger partial charge on any atom is 0.223 e. The van der Waals surface area contributed by atoms with Gasteiger partial charge < -0.3 is 10.6 Å². The number of aryl methyl sites for hydroxylation is 1. The molecule has 2 aromatic rings. The zero-order valence-corrected chi connectivity index (χ0v) is 11.6. The third-order valence-electron chi connectivity index (χ3n) is 3.80. The Kier molecular flexibility index (Phi) is 3.18. The van der Waals surface area contributed by atoms with Crippen LogP contribution in [-0.4, -0.2) is 12.5 Å². The molecule has 1 aliphatic rings. The van der Waals surface area contributed by atoms with Crippen LogP contribution in [0, 0.1) is 0 Å². The van der Waals surface area contributed by atoms with E-state index in [9.17, 15) is 4.79 Å². The Morgan fingerprint density at radius 2 is 1.95 bits per heavy atom. The van der Waals surface area contributed by atoms with Gasteiger partial charge in [0.1, 0.15) is 0 Å². The van der Waals surface area contributed by atoms with E-state index >= 15 is 0 Å². The lowest BCUT2D eigenvalue weighted by atomic mass is 9.96. The van der Waals surface area contributed by atoms with Crippen molar-refractivity contribution in [2.45, 2.75) is 19.8 Å². The number of nitrogens with zero attached hydrogens (tertiary/aromatic N) is 1. The third kappa shape index (κ3) is 2.27. The molecule has 0 radical (unpaired) electrons. The Morgan fingerprint density at radius 1 is 1.15 bits per heavy atom. The number of fused-ring (bicyclic) bond motifs is 1. The molecule has 0 fully saturated rings. The van der Waals surface area contributed by atoms with Gasteiger partial charge in [-0.3, -0.25) is 4.79 Å². The van der Waals surface area contributed by atoms with Crippen LogP contribution in [0.5, 0.6) is 0 Å². The molecule has 102 valence electrons. The maximum atomic E-state index is 11.7. The Balaban J connectivity index is 2.03. The Morgan fingerprint density at radius 3 is 2.70 bits per heavy atom. The van der Waals surface area contributed by atoms with E-state index in [2.05, 4.69) is 24.3 Å². The molecule has 3 rings (SSSR count). The third-order valence-corrected chi connectivity index (χ3v) is 3.80. The van der Waals surface area contributed by atoms with Gasteiger partial charge in [-0.25, -0.2) is 0 Å². The molecule has 0 saturated carbocycles. The minimum Gasteiger partial charge on any atom is -0.399 e. The summed E-state index contributed by atoms with van der Waals surface area (Å²) in [7, 11) is 0. The van der Waals surface area contributed by atoms with Gasteiger partial charge >= 0.3 is 0 Å². The van der Waals surface area contributed by atoms with Gasteiger partial charge in [-0.15, -0.1) is 0 Å². The molecule has 2 N–H and O–H groups in total.